The van der Waals surface area contributed by atoms with E-state index in [0.717, 1.165) is 5.56 Å². The highest BCUT2D eigenvalue weighted by molar-refractivity contribution is 6.51. The number of benzene rings is 3. The van der Waals surface area contributed by atoms with E-state index in [0.29, 0.717) is 35.1 Å². The minimum Gasteiger partial charge on any atom is -0.507 e. The Hall–Kier alpha value is -4.17. The molecule has 8 nitrogen and oxygen atoms in total. The lowest BCUT2D eigenvalue weighted by molar-refractivity contribution is -0.132. The van der Waals surface area contributed by atoms with Crippen LogP contribution in [0.4, 0.5) is 5.69 Å². The number of aryl methyl sites for hydroxylation is 1. The maximum atomic E-state index is 13.5. The summed E-state index contributed by atoms with van der Waals surface area (Å²) in [6, 6.07) is 14.2. The number of halogens is 1. The van der Waals surface area contributed by atoms with Gasteiger partial charge in [0.25, 0.3) is 11.7 Å². The number of carbonyl (C=O) groups excluding carboxylic acids is 2. The summed E-state index contributed by atoms with van der Waals surface area (Å²) < 4.78 is 21.8. The lowest BCUT2D eigenvalue weighted by atomic mass is 9.94. The van der Waals surface area contributed by atoms with Crippen LogP contribution < -0.4 is 23.8 Å². The highest BCUT2D eigenvalue weighted by Crippen LogP contribution is 2.46. The molecule has 0 aliphatic carbocycles. The average molecular weight is 538 g/mol. The zero-order valence-electron chi connectivity index (χ0n) is 21.7. The van der Waals surface area contributed by atoms with Crippen molar-refractivity contribution in [2.45, 2.75) is 19.9 Å². The van der Waals surface area contributed by atoms with Crippen LogP contribution in [0.5, 0.6) is 23.0 Å². The third-order valence-corrected chi connectivity index (χ3v) is 6.52. The molecule has 38 heavy (non-hydrogen) atoms. The second kappa shape index (κ2) is 11.1. The number of aliphatic hydroxyl groups is 1. The molecule has 0 aromatic heterocycles. The van der Waals surface area contributed by atoms with E-state index in [9.17, 15) is 14.7 Å². The van der Waals surface area contributed by atoms with Gasteiger partial charge in [0, 0.05) is 5.69 Å². The molecule has 198 valence electrons. The zero-order chi connectivity index (χ0) is 27.6. The molecule has 1 fully saturated rings. The molecule has 3 aromatic carbocycles. The Morgan fingerprint density at radius 3 is 2.24 bits per heavy atom. The van der Waals surface area contributed by atoms with E-state index >= 15 is 0 Å². The molecule has 1 heterocycles. The van der Waals surface area contributed by atoms with Crippen LogP contribution >= 0.6 is 11.6 Å². The molecule has 0 bridgehead atoms. The summed E-state index contributed by atoms with van der Waals surface area (Å²) in [5.41, 5.74) is 1.79. The van der Waals surface area contributed by atoms with Crippen molar-refractivity contribution < 1.29 is 33.6 Å². The highest BCUT2D eigenvalue weighted by atomic mass is 35.5. The Morgan fingerprint density at radius 1 is 0.947 bits per heavy atom. The Labute approximate surface area is 225 Å². The predicted octanol–water partition coefficient (Wildman–Crippen LogP) is 5.70. The molecule has 1 amide bonds. The van der Waals surface area contributed by atoms with Crippen LogP contribution in [-0.4, -0.2) is 44.7 Å². The molecule has 3 aromatic rings. The van der Waals surface area contributed by atoms with Crippen LogP contribution in [0.3, 0.4) is 0 Å². The zero-order valence-corrected chi connectivity index (χ0v) is 22.5. The first-order chi connectivity index (χ1) is 18.2. The SMILES string of the molecule is CCOc1ccc(N2C(=O)C(=O)/C(=C(/O)c3cc(C)cc(Cl)c3OC)C2c2ccc(OC)c(OC)c2)cc1. The number of Topliss-reactive ketones (excluding diaryl/α,β-unsaturated/α-hetero) is 1. The second-order valence-corrected chi connectivity index (χ2v) is 8.95. The maximum Gasteiger partial charge on any atom is 0.300 e. The molecule has 1 aliphatic heterocycles. The molecule has 9 heteroatoms. The van der Waals surface area contributed by atoms with Gasteiger partial charge in [-0.3, -0.25) is 14.5 Å². The summed E-state index contributed by atoms with van der Waals surface area (Å²) in [6.45, 7) is 4.15. The fraction of sp³-hybridized carbons (Fsp3) is 0.241. The summed E-state index contributed by atoms with van der Waals surface area (Å²) in [5.74, 6) is -0.370. The Balaban J connectivity index is 1.99. The molecule has 0 saturated carbocycles. The van der Waals surface area contributed by atoms with Gasteiger partial charge in [-0.05, 0) is 73.5 Å². The Bertz CT molecular complexity index is 1420. The normalized spacial score (nSPS) is 16.5. The van der Waals surface area contributed by atoms with Gasteiger partial charge in [0.05, 0.1) is 50.1 Å². The van der Waals surface area contributed by atoms with Crippen LogP contribution in [0.15, 0.2) is 60.2 Å². The molecule has 1 aliphatic rings. The predicted molar refractivity (Wildman–Crippen MR) is 145 cm³/mol. The van der Waals surface area contributed by atoms with E-state index in [1.54, 1.807) is 61.5 Å². The van der Waals surface area contributed by atoms with Crippen molar-refractivity contribution in [3.05, 3.63) is 81.9 Å². The van der Waals surface area contributed by atoms with Crippen molar-refractivity contribution in [1.29, 1.82) is 0 Å². The van der Waals surface area contributed by atoms with Crippen molar-refractivity contribution in [2.24, 2.45) is 0 Å². The second-order valence-electron chi connectivity index (χ2n) is 8.54. The Morgan fingerprint density at radius 2 is 1.63 bits per heavy atom. The number of rotatable bonds is 8. The van der Waals surface area contributed by atoms with Crippen LogP contribution in [-0.2, 0) is 9.59 Å². The molecule has 0 radical (unpaired) electrons. The number of aliphatic hydroxyl groups excluding tert-OH is 1. The van der Waals surface area contributed by atoms with Gasteiger partial charge >= 0.3 is 0 Å². The minimum absolute atomic E-state index is 0.115. The van der Waals surface area contributed by atoms with Crippen LogP contribution in [0, 0.1) is 6.92 Å². The molecule has 1 saturated heterocycles. The Kier molecular flexibility index (Phi) is 7.83. The third-order valence-electron chi connectivity index (χ3n) is 6.24. The van der Waals surface area contributed by atoms with E-state index in [1.165, 1.54) is 26.2 Å². The van der Waals surface area contributed by atoms with Crippen molar-refractivity contribution >= 4 is 34.7 Å². The largest absolute Gasteiger partial charge is 0.507 e. The summed E-state index contributed by atoms with van der Waals surface area (Å²) in [6.07, 6.45) is 0. The fourth-order valence-electron chi connectivity index (χ4n) is 4.56. The van der Waals surface area contributed by atoms with Gasteiger partial charge in [0.2, 0.25) is 0 Å². The van der Waals surface area contributed by atoms with Gasteiger partial charge < -0.3 is 24.1 Å². The van der Waals surface area contributed by atoms with Crippen molar-refractivity contribution in [3.63, 3.8) is 0 Å². The lowest BCUT2D eigenvalue weighted by Crippen LogP contribution is -2.29. The van der Waals surface area contributed by atoms with Gasteiger partial charge in [0.1, 0.15) is 17.3 Å². The monoisotopic (exact) mass is 537 g/mol. The quantitative estimate of drug-likeness (QED) is 0.224. The fourth-order valence-corrected chi connectivity index (χ4v) is 4.92. The number of hydrogen-bond acceptors (Lipinski definition) is 7. The summed E-state index contributed by atoms with van der Waals surface area (Å²) >= 11 is 6.38. The van der Waals surface area contributed by atoms with Gasteiger partial charge in [0.15, 0.2) is 11.5 Å². The van der Waals surface area contributed by atoms with Crippen molar-refractivity contribution in [1.82, 2.24) is 0 Å². The van der Waals surface area contributed by atoms with Crippen LogP contribution in [0.1, 0.15) is 29.7 Å². The highest BCUT2D eigenvalue weighted by Gasteiger charge is 2.47. The number of anilines is 1. The van der Waals surface area contributed by atoms with Gasteiger partial charge in [-0.25, -0.2) is 0 Å². The van der Waals surface area contributed by atoms with Gasteiger partial charge in [-0.2, -0.15) is 0 Å². The van der Waals surface area contributed by atoms with E-state index in [4.69, 9.17) is 30.5 Å². The number of nitrogens with zero attached hydrogens (tertiary/aromatic N) is 1. The first kappa shape index (κ1) is 26.9. The number of hydrogen-bond donors (Lipinski definition) is 1. The van der Waals surface area contributed by atoms with Crippen molar-refractivity contribution in [2.75, 3.05) is 32.8 Å². The van der Waals surface area contributed by atoms with Crippen LogP contribution in [0.2, 0.25) is 5.02 Å². The third kappa shape index (κ3) is 4.75. The number of ketones is 1. The topological polar surface area (TPSA) is 94.5 Å². The molecule has 4 rings (SSSR count). The van der Waals surface area contributed by atoms with Gasteiger partial charge in [-0.15, -0.1) is 0 Å². The number of carbonyl (C=O) groups is 2. The standard InChI is InChI=1S/C29H28ClNO7/c1-6-38-19-10-8-18(9-11-19)31-25(17-7-12-22(35-3)23(15-17)36-4)24(27(33)29(31)34)26(32)20-13-16(2)14-21(30)28(20)37-5/h7-15,25,32H,6H2,1-5H3/b26-24+. The lowest BCUT2D eigenvalue weighted by Gasteiger charge is -2.26. The minimum atomic E-state index is -0.989. The molecule has 1 atom stereocenters. The first-order valence-electron chi connectivity index (χ1n) is 11.9. The van der Waals surface area contributed by atoms with E-state index < -0.39 is 23.5 Å². The number of methoxy groups -OCH3 is 3. The molecule has 1 N–H and O–H groups in total. The molecule has 1 unspecified atom stereocenters. The van der Waals surface area contributed by atoms with E-state index in [-0.39, 0.29) is 21.9 Å². The maximum absolute atomic E-state index is 13.5. The average Bonchev–Trinajstić information content (AvgIpc) is 3.18. The van der Waals surface area contributed by atoms with Crippen molar-refractivity contribution in [3.8, 4) is 23.0 Å². The molecular formula is C29H28ClNO7. The number of ether oxygens (including phenoxy) is 4. The molecule has 0 spiro atoms. The first-order valence-corrected chi connectivity index (χ1v) is 12.2. The molecular weight excluding hydrogens is 510 g/mol. The van der Waals surface area contributed by atoms with Crippen LogP contribution in [0.25, 0.3) is 5.76 Å². The number of amides is 1. The summed E-state index contributed by atoms with van der Waals surface area (Å²) in [5, 5.41) is 11.8. The van der Waals surface area contributed by atoms with E-state index in [2.05, 4.69) is 0 Å². The van der Waals surface area contributed by atoms with E-state index in [1.807, 2.05) is 6.92 Å². The smallest absolute Gasteiger partial charge is 0.300 e. The summed E-state index contributed by atoms with van der Waals surface area (Å²) in [7, 11) is 4.42. The summed E-state index contributed by atoms with van der Waals surface area (Å²) in [4.78, 5) is 28.4. The van der Waals surface area contributed by atoms with Gasteiger partial charge in [-0.1, -0.05) is 17.7 Å².